The molecule has 1 unspecified atom stereocenters. The largest absolute Gasteiger partial charge is 0.481 e. The van der Waals surface area contributed by atoms with Crippen LogP contribution in [0.3, 0.4) is 0 Å². The summed E-state index contributed by atoms with van der Waals surface area (Å²) in [6.07, 6.45) is 4.04. The van der Waals surface area contributed by atoms with Crippen molar-refractivity contribution in [3.63, 3.8) is 0 Å². The molecule has 1 atom stereocenters. The highest BCUT2D eigenvalue weighted by Crippen LogP contribution is 2.27. The number of hydrogen-bond acceptors (Lipinski definition) is 3. The van der Waals surface area contributed by atoms with Crippen LogP contribution in [0, 0.1) is 11.8 Å². The maximum absolute atomic E-state index is 11.7. The Morgan fingerprint density at radius 1 is 1.14 bits per heavy atom. The van der Waals surface area contributed by atoms with E-state index in [1.54, 1.807) is 0 Å². The van der Waals surface area contributed by atoms with Crippen molar-refractivity contribution in [2.24, 2.45) is 11.8 Å². The lowest BCUT2D eigenvalue weighted by atomic mass is 9.83. The van der Waals surface area contributed by atoms with E-state index < -0.39 is 24.0 Å². The molecule has 0 saturated heterocycles. The van der Waals surface area contributed by atoms with Crippen molar-refractivity contribution >= 4 is 18.0 Å². The van der Waals surface area contributed by atoms with Gasteiger partial charge in [-0.25, -0.2) is 9.59 Å². The number of nitrogens with one attached hydrogen (secondary N) is 2. The van der Waals surface area contributed by atoms with Crippen LogP contribution in [0.2, 0.25) is 0 Å². The molecule has 0 aromatic heterocycles. The Bertz CT molecular complexity index is 378. The minimum absolute atomic E-state index is 0.126. The summed E-state index contributed by atoms with van der Waals surface area (Å²) in [5.74, 6) is -1.13. The van der Waals surface area contributed by atoms with Crippen molar-refractivity contribution in [1.29, 1.82) is 0 Å². The van der Waals surface area contributed by atoms with E-state index in [4.69, 9.17) is 10.2 Å². The fourth-order valence-electron chi connectivity index (χ4n) is 2.50. The molecule has 0 radical (unpaired) electrons. The third-order valence-corrected chi connectivity index (χ3v) is 3.94. The first-order valence-electron chi connectivity index (χ1n) is 7.37. The van der Waals surface area contributed by atoms with Crippen molar-refractivity contribution in [3.8, 4) is 0 Å². The second-order valence-corrected chi connectivity index (χ2v) is 5.80. The first kappa shape index (κ1) is 17.3. The maximum atomic E-state index is 11.7. The second-order valence-electron chi connectivity index (χ2n) is 5.80. The fourth-order valence-corrected chi connectivity index (χ4v) is 2.50. The quantitative estimate of drug-likeness (QED) is 0.567. The summed E-state index contributed by atoms with van der Waals surface area (Å²) in [7, 11) is 0. The Morgan fingerprint density at radius 3 is 2.29 bits per heavy atom. The van der Waals surface area contributed by atoms with Gasteiger partial charge in [0.15, 0.2) is 0 Å². The van der Waals surface area contributed by atoms with E-state index in [1.165, 1.54) is 0 Å². The van der Waals surface area contributed by atoms with Gasteiger partial charge in [0.05, 0.1) is 0 Å². The minimum Gasteiger partial charge on any atom is -0.481 e. The third kappa shape index (κ3) is 6.97. The fraction of sp³-hybridized carbons (Fsp3) is 0.786. The number of amides is 2. The molecule has 0 bridgehead atoms. The molecule has 7 nitrogen and oxygen atoms in total. The molecule has 1 rings (SSSR count). The van der Waals surface area contributed by atoms with E-state index in [1.807, 2.05) is 0 Å². The summed E-state index contributed by atoms with van der Waals surface area (Å²) < 4.78 is 0. The van der Waals surface area contributed by atoms with Gasteiger partial charge in [0.2, 0.25) is 0 Å². The van der Waals surface area contributed by atoms with Gasteiger partial charge in [-0.05, 0) is 31.1 Å². The van der Waals surface area contributed by atoms with Crippen molar-refractivity contribution in [1.82, 2.24) is 10.6 Å². The van der Waals surface area contributed by atoms with Crippen LogP contribution < -0.4 is 10.6 Å². The van der Waals surface area contributed by atoms with Crippen molar-refractivity contribution in [3.05, 3.63) is 0 Å². The molecule has 1 fully saturated rings. The summed E-state index contributed by atoms with van der Waals surface area (Å²) in [6, 6.07) is -1.72. The Hall–Kier alpha value is -1.79. The molecule has 7 heteroatoms. The van der Waals surface area contributed by atoms with Crippen LogP contribution in [0.1, 0.15) is 45.4 Å². The number of aliphatic carboxylic acids is 2. The Labute approximate surface area is 124 Å². The topological polar surface area (TPSA) is 116 Å². The summed E-state index contributed by atoms with van der Waals surface area (Å²) in [5.41, 5.74) is 0. The first-order chi connectivity index (χ1) is 9.88. The zero-order valence-corrected chi connectivity index (χ0v) is 12.3. The van der Waals surface area contributed by atoms with Gasteiger partial charge in [-0.2, -0.15) is 0 Å². The summed E-state index contributed by atoms with van der Waals surface area (Å²) >= 11 is 0. The molecule has 4 N–H and O–H groups in total. The van der Waals surface area contributed by atoms with E-state index >= 15 is 0 Å². The lowest BCUT2D eigenvalue weighted by Gasteiger charge is -2.26. The number of hydrogen-bond donors (Lipinski definition) is 4. The van der Waals surface area contributed by atoms with Crippen LogP contribution >= 0.6 is 0 Å². The molecule has 1 aliphatic rings. The van der Waals surface area contributed by atoms with E-state index in [2.05, 4.69) is 17.6 Å². The highest BCUT2D eigenvalue weighted by molar-refractivity contribution is 5.82. The number of carbonyl (C=O) groups excluding carboxylic acids is 1. The van der Waals surface area contributed by atoms with Gasteiger partial charge in [-0.3, -0.25) is 4.79 Å². The van der Waals surface area contributed by atoms with Crippen LogP contribution in [-0.4, -0.2) is 40.8 Å². The predicted molar refractivity (Wildman–Crippen MR) is 76.0 cm³/mol. The average Bonchev–Trinajstić information content (AvgIpc) is 2.42. The van der Waals surface area contributed by atoms with Gasteiger partial charge in [0.1, 0.15) is 6.04 Å². The molecule has 21 heavy (non-hydrogen) atoms. The number of rotatable bonds is 7. The SMILES string of the molecule is CC1CCC(CNC(=O)NC(CCC(=O)O)C(=O)O)CC1. The zero-order chi connectivity index (χ0) is 15.8. The standard InChI is InChI=1S/C14H24N2O5/c1-9-2-4-10(5-3-9)8-15-14(21)16-11(13(19)20)6-7-12(17)18/h9-11H,2-8H2,1H3,(H,17,18)(H,19,20)(H2,15,16,21). The normalized spacial score (nSPS) is 23.1. The molecular formula is C14H24N2O5. The first-order valence-corrected chi connectivity index (χ1v) is 7.37. The van der Waals surface area contributed by atoms with Gasteiger partial charge in [0.25, 0.3) is 0 Å². The zero-order valence-electron chi connectivity index (χ0n) is 12.3. The minimum atomic E-state index is -1.22. The average molecular weight is 300 g/mol. The Balaban J connectivity index is 2.29. The molecule has 2 amide bonds. The van der Waals surface area contributed by atoms with Crippen LogP contribution in [0.15, 0.2) is 0 Å². The van der Waals surface area contributed by atoms with Gasteiger partial charge >= 0.3 is 18.0 Å². The summed E-state index contributed by atoms with van der Waals surface area (Å²) in [4.78, 5) is 33.1. The van der Waals surface area contributed by atoms with Gasteiger partial charge in [-0.1, -0.05) is 19.8 Å². The van der Waals surface area contributed by atoms with Crippen molar-refractivity contribution in [2.45, 2.75) is 51.5 Å². The molecule has 1 aliphatic carbocycles. The number of urea groups is 1. The van der Waals surface area contributed by atoms with Crippen molar-refractivity contribution in [2.75, 3.05) is 6.54 Å². The third-order valence-electron chi connectivity index (χ3n) is 3.94. The molecule has 0 spiro atoms. The Morgan fingerprint density at radius 2 is 1.76 bits per heavy atom. The highest BCUT2D eigenvalue weighted by Gasteiger charge is 2.22. The highest BCUT2D eigenvalue weighted by atomic mass is 16.4. The van der Waals surface area contributed by atoms with Crippen LogP contribution in [0.25, 0.3) is 0 Å². The number of carbonyl (C=O) groups is 3. The Kier molecular flexibility index (Phi) is 6.98. The molecule has 120 valence electrons. The predicted octanol–water partition coefficient (Wildman–Crippen LogP) is 1.43. The van der Waals surface area contributed by atoms with Gasteiger partial charge in [-0.15, -0.1) is 0 Å². The summed E-state index contributed by atoms with van der Waals surface area (Å²) in [5, 5.41) is 22.5. The number of carboxylic acid groups (broad SMARTS) is 2. The van der Waals surface area contributed by atoms with Crippen LogP contribution in [0.4, 0.5) is 4.79 Å². The van der Waals surface area contributed by atoms with E-state index in [0.29, 0.717) is 12.5 Å². The van der Waals surface area contributed by atoms with Gasteiger partial charge < -0.3 is 20.8 Å². The van der Waals surface area contributed by atoms with Crippen LogP contribution in [-0.2, 0) is 9.59 Å². The summed E-state index contributed by atoms with van der Waals surface area (Å²) in [6.45, 7) is 2.75. The molecule has 0 heterocycles. The van der Waals surface area contributed by atoms with Crippen LogP contribution in [0.5, 0.6) is 0 Å². The van der Waals surface area contributed by atoms with Gasteiger partial charge in [0, 0.05) is 13.0 Å². The molecule has 0 aromatic rings. The molecule has 0 aromatic carbocycles. The molecular weight excluding hydrogens is 276 g/mol. The number of carboxylic acids is 2. The lowest BCUT2D eigenvalue weighted by Crippen LogP contribution is -2.47. The monoisotopic (exact) mass is 300 g/mol. The molecule has 1 saturated carbocycles. The maximum Gasteiger partial charge on any atom is 0.326 e. The van der Waals surface area contributed by atoms with E-state index in [9.17, 15) is 14.4 Å². The lowest BCUT2D eigenvalue weighted by molar-refractivity contribution is -0.140. The smallest absolute Gasteiger partial charge is 0.326 e. The van der Waals surface area contributed by atoms with E-state index in [0.717, 1.165) is 31.6 Å². The van der Waals surface area contributed by atoms with E-state index in [-0.39, 0.29) is 12.8 Å². The second kappa shape index (κ2) is 8.49. The molecule has 0 aliphatic heterocycles. The van der Waals surface area contributed by atoms with Crippen molar-refractivity contribution < 1.29 is 24.6 Å².